The van der Waals surface area contributed by atoms with Crippen LogP contribution in [0.1, 0.15) is 45.7 Å². The fourth-order valence-electron chi connectivity index (χ4n) is 3.00. The van der Waals surface area contributed by atoms with Crippen molar-refractivity contribution in [3.05, 3.63) is 53.5 Å². The minimum Gasteiger partial charge on any atom is -0.508 e. The highest BCUT2D eigenvalue weighted by atomic mass is 16.7. The first kappa shape index (κ1) is 18.7. The summed E-state index contributed by atoms with van der Waals surface area (Å²) in [7, 11) is -0.360. The average molecular weight is 352 g/mol. The van der Waals surface area contributed by atoms with Gasteiger partial charge in [0.2, 0.25) is 0 Å². The number of nitrogens with one attached hydrogen (secondary N) is 1. The minimum atomic E-state index is -0.433. The summed E-state index contributed by atoms with van der Waals surface area (Å²) in [5, 5.41) is 22.2. The molecule has 1 heterocycles. The monoisotopic (exact) mass is 352 g/mol. The zero-order valence-corrected chi connectivity index (χ0v) is 15.7. The third-order valence-electron chi connectivity index (χ3n) is 5.39. The van der Waals surface area contributed by atoms with E-state index in [1.165, 1.54) is 0 Å². The average Bonchev–Trinajstić information content (AvgIpc) is 2.82. The molecule has 26 heavy (non-hydrogen) atoms. The smallest absolute Gasteiger partial charge is 0.494 e. The molecule has 1 aromatic carbocycles. The van der Waals surface area contributed by atoms with Crippen LogP contribution < -0.4 is 5.32 Å². The molecule has 0 saturated carbocycles. The molecule has 3 rings (SSSR count). The predicted octanol–water partition coefficient (Wildman–Crippen LogP) is 3.43. The van der Waals surface area contributed by atoms with Crippen molar-refractivity contribution in [2.75, 3.05) is 0 Å². The molecule has 1 aromatic rings. The summed E-state index contributed by atoms with van der Waals surface area (Å²) in [6.45, 7) is 8.17. The highest BCUT2D eigenvalue weighted by Crippen LogP contribution is 2.39. The highest BCUT2D eigenvalue weighted by Gasteiger charge is 2.52. The van der Waals surface area contributed by atoms with Crippen LogP contribution in [0.15, 0.2) is 48.0 Å². The number of nitrogens with zero attached hydrogens (tertiary/aromatic N) is 1. The molecule has 6 heteroatoms. The van der Waals surface area contributed by atoms with E-state index in [0.29, 0.717) is 0 Å². The van der Waals surface area contributed by atoms with Gasteiger partial charge in [0.25, 0.3) is 0 Å². The Morgan fingerprint density at radius 1 is 1.19 bits per heavy atom. The molecule has 136 valence electrons. The second-order valence-electron chi connectivity index (χ2n) is 7.81. The molecule has 2 aliphatic rings. The summed E-state index contributed by atoms with van der Waals surface area (Å²) in [4.78, 5) is 0. The second-order valence-corrected chi connectivity index (χ2v) is 7.81. The summed E-state index contributed by atoms with van der Waals surface area (Å²) in [6.07, 6.45) is 6.91. The van der Waals surface area contributed by atoms with Gasteiger partial charge in [0.05, 0.1) is 17.3 Å². The highest BCUT2D eigenvalue weighted by molar-refractivity contribution is 6.55. The van der Waals surface area contributed by atoms with E-state index in [2.05, 4.69) is 17.5 Å². The van der Waals surface area contributed by atoms with E-state index in [1.54, 1.807) is 24.3 Å². The normalized spacial score (nSPS) is 24.8. The van der Waals surface area contributed by atoms with Gasteiger partial charge in [-0.25, -0.2) is 0 Å². The van der Waals surface area contributed by atoms with Crippen LogP contribution in [0.25, 0.3) is 0 Å². The van der Waals surface area contributed by atoms with Gasteiger partial charge < -0.3 is 14.4 Å². The van der Waals surface area contributed by atoms with E-state index in [0.717, 1.165) is 17.5 Å². The van der Waals surface area contributed by atoms with Gasteiger partial charge >= 0.3 is 7.12 Å². The van der Waals surface area contributed by atoms with Crippen molar-refractivity contribution in [3.8, 4) is 11.8 Å². The number of hydrogen-bond donors (Lipinski definition) is 2. The van der Waals surface area contributed by atoms with E-state index in [-0.39, 0.29) is 30.1 Å². The zero-order chi connectivity index (χ0) is 18.9. The lowest BCUT2D eigenvalue weighted by Crippen LogP contribution is -2.41. The third kappa shape index (κ3) is 3.71. The molecule has 0 aromatic heterocycles. The van der Waals surface area contributed by atoms with Gasteiger partial charge in [-0.05, 0) is 57.3 Å². The maximum atomic E-state index is 9.46. The Hall–Kier alpha value is -2.07. The first-order valence-corrected chi connectivity index (χ1v) is 8.90. The molecule has 0 bridgehead atoms. The van der Waals surface area contributed by atoms with Crippen LogP contribution in [-0.4, -0.2) is 29.5 Å². The van der Waals surface area contributed by atoms with Gasteiger partial charge in [-0.2, -0.15) is 5.26 Å². The van der Waals surface area contributed by atoms with Crippen molar-refractivity contribution in [1.29, 1.82) is 5.26 Å². The quantitative estimate of drug-likeness (QED) is 0.812. The van der Waals surface area contributed by atoms with Gasteiger partial charge in [-0.1, -0.05) is 30.4 Å². The Labute approximate surface area is 155 Å². The van der Waals surface area contributed by atoms with E-state index >= 15 is 0 Å². The van der Waals surface area contributed by atoms with E-state index < -0.39 is 6.04 Å². The summed E-state index contributed by atoms with van der Waals surface area (Å²) >= 11 is 0. The van der Waals surface area contributed by atoms with E-state index in [1.807, 2.05) is 39.8 Å². The maximum absolute atomic E-state index is 9.46. The van der Waals surface area contributed by atoms with Gasteiger partial charge in [0.15, 0.2) is 0 Å². The fourth-order valence-corrected chi connectivity index (χ4v) is 3.00. The van der Waals surface area contributed by atoms with Gasteiger partial charge in [0.1, 0.15) is 11.8 Å². The fraction of sp³-hybridized carbons (Fsp3) is 0.450. The molecule has 1 aliphatic heterocycles. The lowest BCUT2D eigenvalue weighted by Gasteiger charge is -2.32. The molecule has 0 radical (unpaired) electrons. The van der Waals surface area contributed by atoms with Crippen LogP contribution in [0, 0.1) is 11.3 Å². The SMILES string of the molecule is CC1(C)OB(C2=CCC(NC(C#N)c3ccc(O)cc3)C=C2)OC1(C)C. The number of allylic oxidation sites excluding steroid dienone is 2. The molecule has 1 aliphatic carbocycles. The van der Waals surface area contributed by atoms with Gasteiger partial charge in [0, 0.05) is 6.04 Å². The van der Waals surface area contributed by atoms with Crippen molar-refractivity contribution in [2.45, 2.75) is 57.4 Å². The predicted molar refractivity (Wildman–Crippen MR) is 101 cm³/mol. The molecule has 2 N–H and O–H groups in total. The number of rotatable bonds is 4. The van der Waals surface area contributed by atoms with Crippen molar-refractivity contribution in [2.24, 2.45) is 0 Å². The molecule has 0 spiro atoms. The van der Waals surface area contributed by atoms with E-state index in [9.17, 15) is 10.4 Å². The lowest BCUT2D eigenvalue weighted by molar-refractivity contribution is 0.00578. The van der Waals surface area contributed by atoms with Gasteiger partial charge in [-0.3, -0.25) is 5.32 Å². The topological polar surface area (TPSA) is 74.5 Å². The van der Waals surface area contributed by atoms with Crippen molar-refractivity contribution in [3.63, 3.8) is 0 Å². The van der Waals surface area contributed by atoms with Crippen LogP contribution in [0.2, 0.25) is 0 Å². The van der Waals surface area contributed by atoms with Crippen molar-refractivity contribution >= 4 is 7.12 Å². The third-order valence-corrected chi connectivity index (χ3v) is 5.39. The van der Waals surface area contributed by atoms with Gasteiger partial charge in [-0.15, -0.1) is 0 Å². The molecular weight excluding hydrogens is 327 g/mol. The van der Waals surface area contributed by atoms with Crippen molar-refractivity contribution < 1.29 is 14.4 Å². The number of phenols is 1. The van der Waals surface area contributed by atoms with Crippen LogP contribution in [0.4, 0.5) is 0 Å². The maximum Gasteiger partial charge on any atom is 0.494 e. The molecule has 5 nitrogen and oxygen atoms in total. The molecule has 1 saturated heterocycles. The molecule has 2 unspecified atom stereocenters. The molecule has 0 amide bonds. The van der Waals surface area contributed by atoms with Crippen LogP contribution >= 0.6 is 0 Å². The Kier molecular flexibility index (Phi) is 4.98. The minimum absolute atomic E-state index is 0.0552. The Morgan fingerprint density at radius 2 is 1.81 bits per heavy atom. The zero-order valence-electron chi connectivity index (χ0n) is 15.7. The summed E-state index contributed by atoms with van der Waals surface area (Å²) in [5.41, 5.74) is 1.14. The lowest BCUT2D eigenvalue weighted by atomic mass is 9.75. The van der Waals surface area contributed by atoms with Crippen LogP contribution in [-0.2, 0) is 9.31 Å². The Morgan fingerprint density at radius 3 is 2.31 bits per heavy atom. The summed E-state index contributed by atoms with van der Waals surface area (Å²) < 4.78 is 12.2. The number of aromatic hydroxyl groups is 1. The van der Waals surface area contributed by atoms with E-state index in [4.69, 9.17) is 9.31 Å². The molecular formula is C20H25BN2O3. The number of nitriles is 1. The Bertz CT molecular complexity index is 746. The van der Waals surface area contributed by atoms with Crippen LogP contribution in [0.3, 0.4) is 0 Å². The summed E-state index contributed by atoms with van der Waals surface area (Å²) in [5.74, 6) is 0.193. The van der Waals surface area contributed by atoms with Crippen LogP contribution in [0.5, 0.6) is 5.75 Å². The molecule has 2 atom stereocenters. The first-order valence-electron chi connectivity index (χ1n) is 8.90. The first-order chi connectivity index (χ1) is 12.2. The standard InChI is InChI=1S/C20H25BN2O3/c1-19(2)20(3,4)26-21(25-19)15-7-9-16(10-8-15)23-18(13-22)14-5-11-17(24)12-6-14/h5-9,11-12,16,18,23-24H,10H2,1-4H3. The number of benzene rings is 1. The summed E-state index contributed by atoms with van der Waals surface area (Å²) in [6, 6.07) is 8.60. The molecule has 1 fully saturated rings. The second kappa shape index (κ2) is 6.92. The number of phenolic OH excluding ortho intramolecular Hbond substituents is 1. The Balaban J connectivity index is 1.62. The number of hydrogen-bond acceptors (Lipinski definition) is 5. The largest absolute Gasteiger partial charge is 0.508 e. The van der Waals surface area contributed by atoms with Crippen molar-refractivity contribution in [1.82, 2.24) is 5.32 Å².